The molecule has 2 amide bonds. The van der Waals surface area contributed by atoms with E-state index in [9.17, 15) is 9.59 Å². The molecule has 2 aromatic rings. The van der Waals surface area contributed by atoms with Crippen LogP contribution in [0.5, 0.6) is 17.2 Å². The minimum atomic E-state index is -0.462. The van der Waals surface area contributed by atoms with E-state index in [1.54, 1.807) is 30.2 Å². The number of methoxy groups -OCH3 is 1. The van der Waals surface area contributed by atoms with Crippen molar-refractivity contribution in [1.29, 1.82) is 0 Å². The van der Waals surface area contributed by atoms with Gasteiger partial charge in [0.1, 0.15) is 12.4 Å². The van der Waals surface area contributed by atoms with Gasteiger partial charge in [0.05, 0.1) is 25.3 Å². The molecule has 1 aliphatic rings. The third-order valence-corrected chi connectivity index (χ3v) is 5.94. The Hall–Kier alpha value is -3.26. The van der Waals surface area contributed by atoms with Gasteiger partial charge >= 0.3 is 0 Å². The topological polar surface area (TPSA) is 80.3 Å². The number of anilines is 2. The van der Waals surface area contributed by atoms with E-state index in [1.165, 1.54) is 0 Å². The predicted molar refractivity (Wildman–Crippen MR) is 133 cm³/mol. The fraction of sp³-hybridized carbons (Fsp3) is 0.462. The molecule has 0 radical (unpaired) electrons. The van der Waals surface area contributed by atoms with Gasteiger partial charge in [-0.3, -0.25) is 9.59 Å². The van der Waals surface area contributed by atoms with Crippen molar-refractivity contribution in [1.82, 2.24) is 4.90 Å². The van der Waals surface area contributed by atoms with Crippen LogP contribution in [0.15, 0.2) is 42.5 Å². The lowest BCUT2D eigenvalue weighted by Crippen LogP contribution is -2.28. The number of benzene rings is 2. The van der Waals surface area contributed by atoms with Crippen LogP contribution in [0.3, 0.4) is 0 Å². The fourth-order valence-electron chi connectivity index (χ4n) is 4.01. The molecule has 1 N–H and O–H groups in total. The van der Waals surface area contributed by atoms with E-state index in [-0.39, 0.29) is 18.2 Å². The van der Waals surface area contributed by atoms with E-state index in [2.05, 4.69) is 24.1 Å². The number of amides is 2. The zero-order valence-electron chi connectivity index (χ0n) is 20.5. The number of rotatable bonds is 12. The Bertz CT molecular complexity index is 977. The molecule has 0 aromatic heterocycles. The molecule has 0 aliphatic carbocycles. The number of carbonyl (C=O) groups is 2. The fourth-order valence-corrected chi connectivity index (χ4v) is 4.01. The zero-order chi connectivity index (χ0) is 24.5. The number of nitrogens with one attached hydrogen (secondary N) is 1. The highest BCUT2D eigenvalue weighted by molar-refractivity contribution is 6.04. The molecule has 1 heterocycles. The Labute approximate surface area is 201 Å². The quantitative estimate of drug-likeness (QED) is 0.509. The number of ether oxygens (including phenoxy) is 3. The van der Waals surface area contributed by atoms with E-state index in [0.29, 0.717) is 48.4 Å². The van der Waals surface area contributed by atoms with Crippen LogP contribution >= 0.6 is 0 Å². The number of nitrogens with zero attached hydrogens (tertiary/aromatic N) is 2. The van der Waals surface area contributed by atoms with Gasteiger partial charge in [-0.1, -0.05) is 26.0 Å². The summed E-state index contributed by atoms with van der Waals surface area (Å²) in [4.78, 5) is 29.6. The first-order valence-corrected chi connectivity index (χ1v) is 11.9. The molecule has 1 aliphatic heterocycles. The Kier molecular flexibility index (Phi) is 9.16. The third-order valence-electron chi connectivity index (χ3n) is 5.94. The monoisotopic (exact) mass is 469 g/mol. The molecule has 184 valence electrons. The first-order valence-electron chi connectivity index (χ1n) is 11.9. The van der Waals surface area contributed by atoms with Crippen LogP contribution in [0.4, 0.5) is 11.4 Å². The minimum absolute atomic E-state index is 0.0949. The van der Waals surface area contributed by atoms with E-state index >= 15 is 0 Å². The Morgan fingerprint density at radius 2 is 1.82 bits per heavy atom. The van der Waals surface area contributed by atoms with Crippen LogP contribution in [0.2, 0.25) is 0 Å². The Morgan fingerprint density at radius 3 is 2.53 bits per heavy atom. The van der Waals surface area contributed by atoms with Crippen molar-refractivity contribution in [2.45, 2.75) is 27.2 Å². The summed E-state index contributed by atoms with van der Waals surface area (Å²) in [5, 5.41) is 2.93. The average Bonchev–Trinajstić information content (AvgIpc) is 3.24. The molecule has 0 spiro atoms. The maximum absolute atomic E-state index is 13.0. The van der Waals surface area contributed by atoms with Crippen molar-refractivity contribution in [2.75, 3.05) is 56.7 Å². The second-order valence-electron chi connectivity index (χ2n) is 8.04. The van der Waals surface area contributed by atoms with Crippen LogP contribution in [-0.4, -0.2) is 63.2 Å². The molecule has 34 heavy (non-hydrogen) atoms. The summed E-state index contributed by atoms with van der Waals surface area (Å²) >= 11 is 0. The highest BCUT2D eigenvalue weighted by Crippen LogP contribution is 2.34. The summed E-state index contributed by atoms with van der Waals surface area (Å²) in [5.74, 6) is 1.05. The van der Waals surface area contributed by atoms with Crippen molar-refractivity contribution in [3.8, 4) is 17.2 Å². The smallest absolute Gasteiger partial charge is 0.229 e. The summed E-state index contributed by atoms with van der Waals surface area (Å²) in [5.41, 5.74) is 1.29. The van der Waals surface area contributed by atoms with Crippen molar-refractivity contribution in [2.24, 2.45) is 5.92 Å². The average molecular weight is 470 g/mol. The molecule has 1 unspecified atom stereocenters. The molecule has 2 aromatic carbocycles. The van der Waals surface area contributed by atoms with E-state index in [0.717, 1.165) is 19.6 Å². The van der Waals surface area contributed by atoms with E-state index in [1.807, 2.05) is 31.2 Å². The predicted octanol–water partition coefficient (Wildman–Crippen LogP) is 3.81. The van der Waals surface area contributed by atoms with Gasteiger partial charge in [-0.15, -0.1) is 0 Å². The summed E-state index contributed by atoms with van der Waals surface area (Å²) < 4.78 is 17.0. The van der Waals surface area contributed by atoms with E-state index in [4.69, 9.17) is 14.2 Å². The molecule has 1 atom stereocenters. The summed E-state index contributed by atoms with van der Waals surface area (Å²) in [7, 11) is 1.59. The first kappa shape index (κ1) is 25.4. The lowest BCUT2D eigenvalue weighted by molar-refractivity contribution is -0.122. The number of carbonyl (C=O) groups excluding carboxylic acids is 2. The van der Waals surface area contributed by atoms with Crippen molar-refractivity contribution < 1.29 is 23.8 Å². The largest absolute Gasteiger partial charge is 0.493 e. The third kappa shape index (κ3) is 6.20. The Balaban J connectivity index is 1.66. The van der Waals surface area contributed by atoms with Crippen molar-refractivity contribution in [3.05, 3.63) is 42.5 Å². The molecule has 8 heteroatoms. The van der Waals surface area contributed by atoms with E-state index < -0.39 is 5.92 Å². The van der Waals surface area contributed by atoms with Gasteiger partial charge in [0.25, 0.3) is 0 Å². The molecule has 1 saturated heterocycles. The van der Waals surface area contributed by atoms with Crippen LogP contribution < -0.4 is 24.4 Å². The lowest BCUT2D eigenvalue weighted by atomic mass is 10.1. The maximum Gasteiger partial charge on any atom is 0.229 e. The highest BCUT2D eigenvalue weighted by atomic mass is 16.5. The standard InChI is InChI=1S/C26H35N3O5/c1-5-28(6-2)14-15-34-24-17-20(12-13-23(24)32-4)27-26(31)19-16-25(30)29(18-19)21-10-8-9-11-22(21)33-7-3/h8-13,17,19H,5-7,14-16,18H2,1-4H3,(H,27,31). The van der Waals surface area contributed by atoms with Gasteiger partial charge in [0, 0.05) is 31.3 Å². The Morgan fingerprint density at radius 1 is 1.06 bits per heavy atom. The molecule has 0 saturated carbocycles. The summed E-state index contributed by atoms with van der Waals surface area (Å²) in [6.07, 6.45) is 0.148. The summed E-state index contributed by atoms with van der Waals surface area (Å²) in [6.45, 7) is 10.2. The molecule has 8 nitrogen and oxygen atoms in total. The molecule has 1 fully saturated rings. The number of likely N-dealkylation sites (N-methyl/N-ethyl adjacent to an activating group) is 1. The van der Waals surface area contributed by atoms with Crippen molar-refractivity contribution >= 4 is 23.2 Å². The van der Waals surface area contributed by atoms with Gasteiger partial charge in [-0.25, -0.2) is 0 Å². The van der Waals surface area contributed by atoms with Gasteiger partial charge in [0.15, 0.2) is 11.5 Å². The number of hydrogen-bond acceptors (Lipinski definition) is 6. The number of para-hydroxylation sites is 2. The highest BCUT2D eigenvalue weighted by Gasteiger charge is 2.36. The zero-order valence-corrected chi connectivity index (χ0v) is 20.5. The molecule has 0 bridgehead atoms. The van der Waals surface area contributed by atoms with Crippen molar-refractivity contribution in [3.63, 3.8) is 0 Å². The molecular formula is C26H35N3O5. The maximum atomic E-state index is 13.0. The van der Waals surface area contributed by atoms with Crippen LogP contribution in [-0.2, 0) is 9.59 Å². The second-order valence-corrected chi connectivity index (χ2v) is 8.04. The first-order chi connectivity index (χ1) is 16.5. The van der Waals surface area contributed by atoms with Gasteiger partial charge in [-0.05, 0) is 44.3 Å². The van der Waals surface area contributed by atoms with Crippen LogP contribution in [0.25, 0.3) is 0 Å². The number of hydrogen-bond donors (Lipinski definition) is 1. The minimum Gasteiger partial charge on any atom is -0.493 e. The SMILES string of the molecule is CCOc1ccccc1N1CC(C(=O)Nc2ccc(OC)c(OCCN(CC)CC)c2)CC1=O. The molecule has 3 rings (SSSR count). The van der Waals surface area contributed by atoms with Gasteiger partial charge in [-0.2, -0.15) is 0 Å². The molecular weight excluding hydrogens is 434 g/mol. The van der Waals surface area contributed by atoms with Gasteiger partial charge in [0.2, 0.25) is 11.8 Å². The summed E-state index contributed by atoms with van der Waals surface area (Å²) in [6, 6.07) is 12.7. The normalized spacial score (nSPS) is 15.5. The van der Waals surface area contributed by atoms with Gasteiger partial charge < -0.3 is 29.3 Å². The lowest BCUT2D eigenvalue weighted by Gasteiger charge is -2.20. The van der Waals surface area contributed by atoms with Crippen LogP contribution in [0.1, 0.15) is 27.2 Å². The van der Waals surface area contributed by atoms with Crippen LogP contribution in [0, 0.1) is 5.92 Å². The second kappa shape index (κ2) is 12.3.